The molecule has 0 N–H and O–H groups in total. The first-order valence-electron chi connectivity index (χ1n) is 8.84. The van der Waals surface area contributed by atoms with Crippen molar-refractivity contribution in [2.45, 2.75) is 18.1 Å². The number of piperidine rings is 1. The van der Waals surface area contributed by atoms with Crippen molar-refractivity contribution in [2.75, 3.05) is 24.2 Å². The molecule has 1 unspecified atom stereocenters. The lowest BCUT2D eigenvalue weighted by Gasteiger charge is -2.33. The molecular formula is C19H22ClN5OS. The number of hydrogen-bond donors (Lipinski definition) is 0. The average molecular weight is 404 g/mol. The van der Waals surface area contributed by atoms with Crippen LogP contribution in [-0.2, 0) is 16.6 Å². The second-order valence-corrected chi connectivity index (χ2v) is 10.3. The van der Waals surface area contributed by atoms with Gasteiger partial charge in [0.2, 0.25) is 0 Å². The second kappa shape index (κ2) is 6.80. The van der Waals surface area contributed by atoms with Crippen molar-refractivity contribution >= 4 is 44.0 Å². The lowest BCUT2D eigenvalue weighted by molar-refractivity contribution is 0.567. The Balaban J connectivity index is 1.67. The third-order valence-corrected chi connectivity index (χ3v) is 7.36. The monoisotopic (exact) mass is 403 g/mol. The van der Waals surface area contributed by atoms with Gasteiger partial charge >= 0.3 is 0 Å². The average Bonchev–Trinajstić information content (AvgIpc) is 2.98. The summed E-state index contributed by atoms with van der Waals surface area (Å²) in [4.78, 5) is 15.8. The highest BCUT2D eigenvalue weighted by molar-refractivity contribution is 8.00. The van der Waals surface area contributed by atoms with Crippen LogP contribution >= 0.6 is 11.6 Å². The summed E-state index contributed by atoms with van der Waals surface area (Å²) in [5.74, 6) is 5.47. The van der Waals surface area contributed by atoms with Crippen molar-refractivity contribution in [3.8, 4) is 11.4 Å². The highest BCUT2D eigenvalue weighted by Crippen LogP contribution is 2.32. The Morgan fingerprint density at radius 3 is 2.70 bits per heavy atom. The van der Waals surface area contributed by atoms with Gasteiger partial charge in [0.25, 0.3) is 0 Å². The molecule has 1 saturated heterocycles. The Morgan fingerprint density at radius 1 is 1.30 bits per heavy atom. The van der Waals surface area contributed by atoms with Crippen molar-refractivity contribution in [2.24, 2.45) is 7.05 Å². The van der Waals surface area contributed by atoms with E-state index in [2.05, 4.69) is 20.7 Å². The minimum absolute atomic E-state index is 0.173. The fourth-order valence-electron chi connectivity index (χ4n) is 3.62. The van der Waals surface area contributed by atoms with Crippen LogP contribution in [0.2, 0.25) is 5.02 Å². The zero-order valence-electron chi connectivity index (χ0n) is 15.4. The molecule has 1 aliphatic rings. The van der Waals surface area contributed by atoms with Crippen LogP contribution in [0, 0.1) is 0 Å². The number of anilines is 1. The number of hydrogen-bond acceptors (Lipinski definition) is 5. The number of aryl methyl sites for hydroxylation is 1. The smallest absolute Gasteiger partial charge is 0.159 e. The highest BCUT2D eigenvalue weighted by atomic mass is 35.5. The maximum atomic E-state index is 12.2. The number of pyridine rings is 2. The molecule has 27 heavy (non-hydrogen) atoms. The third-order valence-electron chi connectivity index (χ3n) is 5.18. The number of halogens is 1. The van der Waals surface area contributed by atoms with Gasteiger partial charge in [-0.05, 0) is 46.4 Å². The second-order valence-electron chi connectivity index (χ2n) is 7.12. The molecule has 3 aromatic rings. The molecule has 0 aliphatic carbocycles. The highest BCUT2D eigenvalue weighted by Gasteiger charge is 2.25. The molecule has 1 atom stereocenters. The minimum Gasteiger partial charge on any atom is -0.357 e. The standard InChI is InChI=1S/C19H22ClN5OS/c1-24-18(23-16-5-4-8-21-19(16)24)14-11-17(22-12-15(14)20)25-9-6-13(7-10-25)27(2,3)26/h4-5,8,11-13H,2,6-7,9-10H2,1,3H3. The van der Waals surface area contributed by atoms with E-state index in [0.29, 0.717) is 5.02 Å². The van der Waals surface area contributed by atoms with Crippen molar-refractivity contribution < 1.29 is 4.21 Å². The van der Waals surface area contributed by atoms with Gasteiger partial charge in [-0.1, -0.05) is 11.6 Å². The number of nitrogens with zero attached hydrogens (tertiary/aromatic N) is 5. The topological polar surface area (TPSA) is 63.9 Å². The van der Waals surface area contributed by atoms with Gasteiger partial charge in [0, 0.05) is 49.6 Å². The van der Waals surface area contributed by atoms with E-state index in [1.54, 1.807) is 18.6 Å². The Kier molecular flexibility index (Phi) is 4.60. The molecule has 0 radical (unpaired) electrons. The molecule has 4 rings (SSSR count). The summed E-state index contributed by atoms with van der Waals surface area (Å²) >= 11 is 6.45. The summed E-state index contributed by atoms with van der Waals surface area (Å²) in [6.07, 6.45) is 6.90. The van der Waals surface area contributed by atoms with E-state index >= 15 is 0 Å². The van der Waals surface area contributed by atoms with Gasteiger partial charge in [-0.3, -0.25) is 4.21 Å². The van der Waals surface area contributed by atoms with Crippen molar-refractivity contribution in [3.63, 3.8) is 0 Å². The summed E-state index contributed by atoms with van der Waals surface area (Å²) in [5, 5.41) is 0.729. The van der Waals surface area contributed by atoms with Crippen LogP contribution in [0.1, 0.15) is 12.8 Å². The molecule has 0 amide bonds. The largest absolute Gasteiger partial charge is 0.357 e. The van der Waals surface area contributed by atoms with E-state index in [1.807, 2.05) is 29.8 Å². The van der Waals surface area contributed by atoms with Gasteiger partial charge in [-0.2, -0.15) is 0 Å². The van der Waals surface area contributed by atoms with Gasteiger partial charge in [-0.15, -0.1) is 0 Å². The molecule has 0 bridgehead atoms. The maximum Gasteiger partial charge on any atom is 0.159 e. The van der Waals surface area contributed by atoms with E-state index in [0.717, 1.165) is 54.3 Å². The van der Waals surface area contributed by atoms with Crippen molar-refractivity contribution in [1.82, 2.24) is 19.5 Å². The molecule has 1 fully saturated rings. The Labute approximate surface area is 164 Å². The van der Waals surface area contributed by atoms with E-state index in [4.69, 9.17) is 16.6 Å². The molecule has 6 nitrogen and oxygen atoms in total. The molecule has 0 aromatic carbocycles. The fraction of sp³-hybridized carbons (Fsp3) is 0.368. The zero-order valence-corrected chi connectivity index (χ0v) is 17.0. The van der Waals surface area contributed by atoms with Crippen LogP contribution in [0.15, 0.2) is 30.6 Å². The first-order chi connectivity index (χ1) is 12.8. The Hall–Kier alpha value is -2.12. The Bertz CT molecular complexity index is 1100. The van der Waals surface area contributed by atoms with Gasteiger partial charge in [0.05, 0.1) is 5.02 Å². The molecule has 1 aliphatic heterocycles. The van der Waals surface area contributed by atoms with Gasteiger partial charge in [0.15, 0.2) is 5.65 Å². The first kappa shape index (κ1) is 18.3. The van der Waals surface area contributed by atoms with Crippen LogP contribution in [0.3, 0.4) is 0 Å². The quantitative estimate of drug-likeness (QED) is 0.629. The summed E-state index contributed by atoms with van der Waals surface area (Å²) in [6, 6.07) is 5.79. The predicted molar refractivity (Wildman–Crippen MR) is 113 cm³/mol. The Morgan fingerprint density at radius 2 is 2.04 bits per heavy atom. The number of imidazole rings is 1. The molecule has 3 aromatic heterocycles. The molecular weight excluding hydrogens is 382 g/mol. The molecule has 4 heterocycles. The van der Waals surface area contributed by atoms with Crippen molar-refractivity contribution in [1.29, 1.82) is 0 Å². The lowest BCUT2D eigenvalue weighted by Crippen LogP contribution is -2.39. The van der Waals surface area contributed by atoms with Crippen LogP contribution < -0.4 is 4.90 Å². The molecule has 8 heteroatoms. The van der Waals surface area contributed by atoms with Gasteiger partial charge in [0.1, 0.15) is 17.2 Å². The van der Waals surface area contributed by atoms with Crippen LogP contribution in [0.5, 0.6) is 0 Å². The number of rotatable bonds is 3. The van der Waals surface area contributed by atoms with E-state index in [9.17, 15) is 4.21 Å². The van der Waals surface area contributed by atoms with E-state index < -0.39 is 9.52 Å². The van der Waals surface area contributed by atoms with Crippen LogP contribution in [-0.4, -0.2) is 54.2 Å². The molecule has 0 spiro atoms. The zero-order chi connectivity index (χ0) is 19.2. The van der Waals surface area contributed by atoms with Crippen LogP contribution in [0.25, 0.3) is 22.6 Å². The summed E-state index contributed by atoms with van der Waals surface area (Å²) in [6.45, 7) is 1.62. The first-order valence-corrected chi connectivity index (χ1v) is 11.4. The molecule has 142 valence electrons. The number of aromatic nitrogens is 4. The summed E-state index contributed by atoms with van der Waals surface area (Å²) in [5.41, 5.74) is 2.48. The van der Waals surface area contributed by atoms with E-state index in [1.165, 1.54) is 0 Å². The summed E-state index contributed by atoms with van der Waals surface area (Å²) in [7, 11) is -0.0621. The van der Waals surface area contributed by atoms with Crippen molar-refractivity contribution in [3.05, 3.63) is 35.6 Å². The summed E-state index contributed by atoms with van der Waals surface area (Å²) < 4.78 is 14.2. The fourth-order valence-corrected chi connectivity index (χ4v) is 5.02. The minimum atomic E-state index is -2.00. The normalized spacial score (nSPS) is 18.0. The van der Waals surface area contributed by atoms with Gasteiger partial charge < -0.3 is 9.47 Å². The molecule has 0 saturated carbocycles. The van der Waals surface area contributed by atoms with Crippen LogP contribution in [0.4, 0.5) is 5.82 Å². The lowest BCUT2D eigenvalue weighted by atomic mass is 10.1. The predicted octanol–water partition coefficient (Wildman–Crippen LogP) is 3.00. The van der Waals surface area contributed by atoms with E-state index in [-0.39, 0.29) is 5.25 Å². The maximum absolute atomic E-state index is 12.2. The van der Waals surface area contributed by atoms with Gasteiger partial charge in [-0.25, -0.2) is 15.0 Å². The third kappa shape index (κ3) is 3.41. The SMILES string of the molecule is C=S(C)(=O)C1CCN(c2cc(-c3nc4cccnc4n3C)c(Cl)cn2)CC1. The number of fused-ring (bicyclic) bond motifs is 1.